The third-order valence-electron chi connectivity index (χ3n) is 7.48. The van der Waals surface area contributed by atoms with Crippen molar-refractivity contribution in [1.82, 2.24) is 0 Å². The summed E-state index contributed by atoms with van der Waals surface area (Å²) in [5.74, 6) is 1.22. The molecule has 1 aromatic heterocycles. The van der Waals surface area contributed by atoms with Crippen molar-refractivity contribution in [3.63, 3.8) is 0 Å². The zero-order valence-corrected chi connectivity index (χ0v) is 17.7. The fourth-order valence-corrected chi connectivity index (χ4v) is 5.81. The van der Waals surface area contributed by atoms with Crippen LogP contribution >= 0.6 is 0 Å². The maximum Gasteiger partial charge on any atom is 0.202 e. The number of benzene rings is 1. The molecule has 2 fully saturated rings. The zero-order chi connectivity index (χ0) is 21.1. The first-order valence-electron chi connectivity index (χ1n) is 11.5. The molecule has 0 unspecified atom stereocenters. The fraction of sp³-hybridized carbons (Fsp3) is 0.667. The van der Waals surface area contributed by atoms with Crippen LogP contribution in [0.1, 0.15) is 75.0 Å². The molecular weight excluding hydrogens is 386 g/mol. The summed E-state index contributed by atoms with van der Waals surface area (Å²) in [5, 5.41) is 0.597. The lowest BCUT2D eigenvalue weighted by Gasteiger charge is -2.38. The third-order valence-corrected chi connectivity index (χ3v) is 7.48. The number of fused-ring (bicyclic) bond motifs is 1. The van der Waals surface area contributed by atoms with Gasteiger partial charge in [-0.1, -0.05) is 12.8 Å². The Morgan fingerprint density at radius 2 is 1.57 bits per heavy atom. The van der Waals surface area contributed by atoms with Gasteiger partial charge in [0, 0.05) is 5.39 Å². The third kappa shape index (κ3) is 4.56. The Kier molecular flexibility index (Phi) is 7.06. The molecule has 1 aromatic carbocycles. The lowest BCUT2D eigenvalue weighted by Crippen LogP contribution is -2.26. The number of hydrogen-bond donors (Lipinski definition) is 2. The molecule has 0 spiro atoms. The van der Waals surface area contributed by atoms with Gasteiger partial charge in [0.2, 0.25) is 5.82 Å². The van der Waals surface area contributed by atoms with Crippen molar-refractivity contribution in [3.05, 3.63) is 35.1 Å². The van der Waals surface area contributed by atoms with Gasteiger partial charge in [-0.25, -0.2) is 4.39 Å². The minimum Gasteiger partial charge on any atom is -0.455 e. The normalized spacial score (nSPS) is 27.6. The van der Waals surface area contributed by atoms with Crippen molar-refractivity contribution in [2.45, 2.75) is 70.3 Å². The van der Waals surface area contributed by atoms with E-state index in [1.165, 1.54) is 25.7 Å². The Labute approximate surface area is 177 Å². The number of halogens is 2. The van der Waals surface area contributed by atoms with Crippen LogP contribution in [-0.2, 0) is 11.3 Å². The molecule has 2 aliphatic rings. The van der Waals surface area contributed by atoms with E-state index in [-0.39, 0.29) is 24.8 Å². The zero-order valence-electron chi connectivity index (χ0n) is 17.7. The average Bonchev–Trinajstić information content (AvgIpc) is 3.19. The maximum atomic E-state index is 14.8. The summed E-state index contributed by atoms with van der Waals surface area (Å²) < 4.78 is 40.1. The van der Waals surface area contributed by atoms with E-state index < -0.39 is 11.6 Å². The number of ether oxygens (including phenoxy) is 1. The first-order valence-corrected chi connectivity index (χ1v) is 11.5. The molecule has 0 aliphatic heterocycles. The van der Waals surface area contributed by atoms with Crippen molar-refractivity contribution in [2.24, 2.45) is 29.2 Å². The summed E-state index contributed by atoms with van der Waals surface area (Å²) in [6, 6.07) is 3.49. The minimum atomic E-state index is -0.887. The first-order chi connectivity index (χ1) is 14.6. The summed E-state index contributed by atoms with van der Waals surface area (Å²) >= 11 is 0. The predicted molar refractivity (Wildman–Crippen MR) is 114 cm³/mol. The standard InChI is InChI=1S/C24H34F2N2O2/c25-22-21(12-19-11-20(13-29-14-28)30-24(19)23(22)26)18-7-5-17(6-8-18)16-3-1-15(2-4-16)9-10-27/h11-12,15-18H,1-10,13-14,27-28H2. The minimum absolute atomic E-state index is 0.0326. The molecule has 0 amide bonds. The Bertz CT molecular complexity index is 837. The summed E-state index contributed by atoms with van der Waals surface area (Å²) in [7, 11) is 0. The average molecular weight is 421 g/mol. The summed E-state index contributed by atoms with van der Waals surface area (Å²) in [4.78, 5) is 0. The lowest BCUT2D eigenvalue weighted by atomic mass is 9.68. The van der Waals surface area contributed by atoms with Gasteiger partial charge in [0.15, 0.2) is 11.4 Å². The summed E-state index contributed by atoms with van der Waals surface area (Å²) in [6.07, 6.45) is 10.4. The Morgan fingerprint density at radius 1 is 0.900 bits per heavy atom. The van der Waals surface area contributed by atoms with Crippen LogP contribution in [0.25, 0.3) is 11.0 Å². The van der Waals surface area contributed by atoms with E-state index in [9.17, 15) is 8.78 Å². The molecule has 0 saturated heterocycles. The second kappa shape index (κ2) is 9.75. The Morgan fingerprint density at radius 3 is 2.20 bits per heavy atom. The van der Waals surface area contributed by atoms with Gasteiger partial charge in [-0.15, -0.1) is 0 Å². The van der Waals surface area contributed by atoms with Gasteiger partial charge in [0.1, 0.15) is 12.4 Å². The molecule has 6 heteroatoms. The Balaban J connectivity index is 1.41. The van der Waals surface area contributed by atoms with Gasteiger partial charge in [0.05, 0.1) is 6.73 Å². The van der Waals surface area contributed by atoms with Crippen LogP contribution in [0.2, 0.25) is 0 Å². The maximum absolute atomic E-state index is 14.8. The Hall–Kier alpha value is -1.50. The van der Waals surface area contributed by atoms with Crippen molar-refractivity contribution in [1.29, 1.82) is 0 Å². The fourth-order valence-electron chi connectivity index (χ4n) is 5.81. The highest BCUT2D eigenvalue weighted by atomic mass is 19.2. The van der Waals surface area contributed by atoms with Crippen molar-refractivity contribution in [3.8, 4) is 0 Å². The number of hydrogen-bond acceptors (Lipinski definition) is 4. The van der Waals surface area contributed by atoms with Crippen LogP contribution in [0.15, 0.2) is 16.5 Å². The molecule has 4 rings (SSSR count). The van der Waals surface area contributed by atoms with E-state index in [1.807, 2.05) is 0 Å². The SMILES string of the molecule is NCCC1CCC(C2CCC(c3cc4cc(COCN)oc4c(F)c3F)CC2)CC1. The van der Waals surface area contributed by atoms with Crippen LogP contribution in [0.5, 0.6) is 0 Å². The van der Waals surface area contributed by atoms with E-state index in [1.54, 1.807) is 12.1 Å². The van der Waals surface area contributed by atoms with Gasteiger partial charge in [-0.2, -0.15) is 4.39 Å². The van der Waals surface area contributed by atoms with Crippen LogP contribution in [0, 0.1) is 29.4 Å². The second-order valence-electron chi connectivity index (χ2n) is 9.21. The molecule has 30 heavy (non-hydrogen) atoms. The van der Waals surface area contributed by atoms with E-state index in [4.69, 9.17) is 20.6 Å². The highest BCUT2D eigenvalue weighted by Gasteiger charge is 2.32. The van der Waals surface area contributed by atoms with Crippen molar-refractivity contribution < 1.29 is 17.9 Å². The van der Waals surface area contributed by atoms with Crippen LogP contribution in [0.3, 0.4) is 0 Å². The van der Waals surface area contributed by atoms with E-state index in [0.717, 1.165) is 56.4 Å². The molecular formula is C24H34F2N2O2. The quantitative estimate of drug-likeness (QED) is 0.574. The van der Waals surface area contributed by atoms with Crippen molar-refractivity contribution in [2.75, 3.05) is 13.3 Å². The van der Waals surface area contributed by atoms with Crippen LogP contribution in [0.4, 0.5) is 8.78 Å². The molecule has 0 bridgehead atoms. The van der Waals surface area contributed by atoms with E-state index in [0.29, 0.717) is 16.7 Å². The monoisotopic (exact) mass is 420 g/mol. The molecule has 0 radical (unpaired) electrons. The summed E-state index contributed by atoms with van der Waals surface area (Å²) in [5.41, 5.74) is 11.5. The highest BCUT2D eigenvalue weighted by Crippen LogP contribution is 2.45. The van der Waals surface area contributed by atoms with Gasteiger partial charge in [-0.3, -0.25) is 0 Å². The number of rotatable bonds is 7. The van der Waals surface area contributed by atoms with Gasteiger partial charge in [0.25, 0.3) is 0 Å². The number of nitrogens with two attached hydrogens (primary N) is 2. The molecule has 0 atom stereocenters. The molecule has 2 aliphatic carbocycles. The largest absolute Gasteiger partial charge is 0.455 e. The molecule has 166 valence electrons. The first kappa shape index (κ1) is 21.7. The molecule has 1 heterocycles. The van der Waals surface area contributed by atoms with Crippen molar-refractivity contribution >= 4 is 11.0 Å². The van der Waals surface area contributed by atoms with Crippen LogP contribution < -0.4 is 11.5 Å². The lowest BCUT2D eigenvalue weighted by molar-refractivity contribution is 0.113. The summed E-state index contributed by atoms with van der Waals surface area (Å²) in [6.45, 7) is 1.00. The van der Waals surface area contributed by atoms with Gasteiger partial charge >= 0.3 is 0 Å². The topological polar surface area (TPSA) is 74.4 Å². The molecule has 4 nitrogen and oxygen atoms in total. The second-order valence-corrected chi connectivity index (χ2v) is 9.21. The molecule has 2 aromatic rings. The molecule has 2 saturated carbocycles. The smallest absolute Gasteiger partial charge is 0.202 e. The predicted octanol–water partition coefficient (Wildman–Crippen LogP) is 5.57. The molecule has 4 N–H and O–H groups in total. The van der Waals surface area contributed by atoms with Gasteiger partial charge < -0.3 is 20.6 Å². The van der Waals surface area contributed by atoms with E-state index in [2.05, 4.69) is 0 Å². The number of furan rings is 1. The van der Waals surface area contributed by atoms with Crippen LogP contribution in [-0.4, -0.2) is 13.3 Å². The van der Waals surface area contributed by atoms with E-state index >= 15 is 0 Å². The highest BCUT2D eigenvalue weighted by molar-refractivity contribution is 5.79. The van der Waals surface area contributed by atoms with Gasteiger partial charge in [-0.05, 0) is 92.9 Å².